The second-order valence-electron chi connectivity index (χ2n) is 34.4. The molecule has 16 rings (SSSR count). The van der Waals surface area contributed by atoms with Crippen LogP contribution >= 0.6 is 0 Å². The van der Waals surface area contributed by atoms with E-state index in [0.29, 0.717) is 189 Å². The first kappa shape index (κ1) is 96.4. The topological polar surface area (TPSA) is 332 Å². The standard InChI is InChI=1S/C27H28F3N3O2.C27H31N3O3.C26H28FN3O2.C25H28N4O3/c1-3-5-10-31-26(35)17-8-9-23(32-14-17)20-12-19-18(4-2)21(25(34)11-16-6-7-16)15-33-24(19)13-22(20)27(28,29)30;1-4-6-11-28-27(32)18-9-10-23(29-15-18)21-13-20-19(5-2)22(25(31)12-17-7-8-17)16-30-24(20)14-26(21)33-3;1-3-5-10-28-26(32)17-8-9-23(29-14-17)20-12-19-18(4-2)21(25(31)11-16-6-7-16)15-30-24(19)13-22(20)27;1-3-4-9-27-25(31)16-7-8-20(28-13-16)17-11-18-21(12-23(17)32-2)29-14-19(24(18)26)22(30)10-15-5-6-15/h8-9,12-16H,3-7,10-11H2,1-2H3,(H,31,35);9-10,13-17H,4-8,11-12H2,1-3H3,(H,28,32);8-9,12-16H,3-7,10-11H2,1-2H3,(H,28,32);7-8,11-15H,3-6,9-10H2,1-2H3,(H2,26,29)(H,27,31). The van der Waals surface area contributed by atoms with Gasteiger partial charge in [-0.1, -0.05) is 74.1 Å². The van der Waals surface area contributed by atoms with E-state index in [4.69, 9.17) is 15.2 Å². The number of aromatic nitrogens is 8. The lowest BCUT2D eigenvalue weighted by Crippen LogP contribution is -2.24. The maximum Gasteiger partial charge on any atom is 0.417 e. The van der Waals surface area contributed by atoms with E-state index < -0.39 is 17.6 Å². The number of benzene rings is 4. The van der Waals surface area contributed by atoms with Gasteiger partial charge >= 0.3 is 6.18 Å². The molecule has 0 atom stereocenters. The van der Waals surface area contributed by atoms with Gasteiger partial charge in [-0.3, -0.25) is 78.2 Å². The fraction of sp³-hybridized carbons (Fsp3) is 0.390. The van der Waals surface area contributed by atoms with Crippen LogP contribution < -0.4 is 36.5 Å². The molecule has 27 heteroatoms. The average molecular weight is 1800 g/mol. The SMILES string of the molecule is CCCCNC(=O)c1ccc(-c2cc3c(CC)c(C(=O)CC4CC4)cnc3cc2C(F)(F)F)nc1.CCCCNC(=O)c1ccc(-c2cc3c(CC)c(C(=O)CC4CC4)cnc3cc2F)nc1.CCCCNC(=O)c1ccc(-c2cc3c(CC)c(C(=O)CC4CC4)cnc3cc2OC)nc1.CCCCNC(=O)c1ccc(-c2cc3c(N)c(C(=O)CC4CC4)cnc3cc2OC)nc1. The lowest BCUT2D eigenvalue weighted by atomic mass is 9.92. The van der Waals surface area contributed by atoms with E-state index in [1.165, 1.54) is 42.9 Å². The Balaban J connectivity index is 0.000000150. The summed E-state index contributed by atoms with van der Waals surface area (Å²) in [5.74, 6) is 2.26. The minimum absolute atomic E-state index is 0.0169. The summed E-state index contributed by atoms with van der Waals surface area (Å²) in [4.78, 5) is 135. The van der Waals surface area contributed by atoms with Gasteiger partial charge in [-0.15, -0.1) is 0 Å². The molecule has 4 aromatic carbocycles. The number of rotatable bonds is 37. The third-order valence-corrected chi connectivity index (χ3v) is 24.4. The van der Waals surface area contributed by atoms with Gasteiger partial charge in [-0.2, -0.15) is 13.2 Å². The molecule has 4 amide bonds. The number of methoxy groups -OCH3 is 2. The number of Topliss-reactive ketones (excluding diaryl/α,β-unsaturated/α-hetero) is 4. The van der Waals surface area contributed by atoms with Crippen molar-refractivity contribution in [1.29, 1.82) is 0 Å². The van der Waals surface area contributed by atoms with Crippen LogP contribution in [0.2, 0.25) is 0 Å². The minimum atomic E-state index is -4.63. The quantitative estimate of drug-likeness (QED) is 0.0137. The van der Waals surface area contributed by atoms with Crippen molar-refractivity contribution in [3.05, 3.63) is 219 Å². The molecule has 12 aromatic rings. The van der Waals surface area contributed by atoms with Crippen LogP contribution in [0.1, 0.15) is 282 Å². The van der Waals surface area contributed by atoms with Crippen molar-refractivity contribution >= 4 is 96.1 Å². The maximum atomic E-state index is 14.9. The van der Waals surface area contributed by atoms with E-state index in [9.17, 15) is 55.9 Å². The first-order valence-corrected chi connectivity index (χ1v) is 46.3. The van der Waals surface area contributed by atoms with Crippen LogP contribution in [0.5, 0.6) is 11.5 Å². The first-order valence-electron chi connectivity index (χ1n) is 46.3. The lowest BCUT2D eigenvalue weighted by Gasteiger charge is -2.17. The number of alkyl halides is 3. The molecule has 4 aliphatic carbocycles. The summed E-state index contributed by atoms with van der Waals surface area (Å²) in [7, 11) is 3.20. The molecule has 4 aliphatic rings. The van der Waals surface area contributed by atoms with Gasteiger partial charge in [0.1, 0.15) is 17.3 Å². The largest absolute Gasteiger partial charge is 0.496 e. The molecule has 688 valence electrons. The van der Waals surface area contributed by atoms with Gasteiger partial charge in [-0.05, 0) is 216 Å². The van der Waals surface area contributed by atoms with Gasteiger partial charge < -0.3 is 36.5 Å². The maximum absolute atomic E-state index is 14.9. The van der Waals surface area contributed by atoms with E-state index in [0.717, 1.165) is 159 Å². The number of carbonyl (C=O) groups excluding carboxylic acids is 8. The Hall–Kier alpha value is -13.2. The zero-order chi connectivity index (χ0) is 93.9. The second-order valence-corrected chi connectivity index (χ2v) is 34.4. The van der Waals surface area contributed by atoms with Crippen molar-refractivity contribution in [2.75, 3.05) is 46.1 Å². The number of aryl methyl sites for hydroxylation is 3. The third-order valence-electron chi connectivity index (χ3n) is 24.4. The number of hydrogen-bond acceptors (Lipinski definition) is 19. The zero-order valence-corrected chi connectivity index (χ0v) is 76.5. The zero-order valence-electron chi connectivity index (χ0n) is 76.5. The highest BCUT2D eigenvalue weighted by atomic mass is 19.4. The summed E-state index contributed by atoms with van der Waals surface area (Å²) in [5, 5.41) is 14.3. The summed E-state index contributed by atoms with van der Waals surface area (Å²) < 4.78 is 68.1. The summed E-state index contributed by atoms with van der Waals surface area (Å²) in [6, 6.07) is 26.5. The second kappa shape index (κ2) is 44.6. The van der Waals surface area contributed by atoms with Crippen LogP contribution in [-0.4, -0.2) is 127 Å². The van der Waals surface area contributed by atoms with Gasteiger partial charge in [0.05, 0.1) is 98.1 Å². The van der Waals surface area contributed by atoms with Crippen molar-refractivity contribution in [3.8, 4) is 56.5 Å². The molecular weight excluding hydrogens is 1680 g/mol. The predicted octanol–water partition coefficient (Wildman–Crippen LogP) is 21.7. The smallest absolute Gasteiger partial charge is 0.417 e. The molecule has 23 nitrogen and oxygen atoms in total. The third kappa shape index (κ3) is 24.1. The van der Waals surface area contributed by atoms with Gasteiger partial charge in [0.15, 0.2) is 23.1 Å². The van der Waals surface area contributed by atoms with Crippen molar-refractivity contribution in [3.63, 3.8) is 0 Å². The monoisotopic (exact) mass is 1790 g/mol. The van der Waals surface area contributed by atoms with Gasteiger partial charge in [0, 0.05) is 180 Å². The van der Waals surface area contributed by atoms with Gasteiger partial charge in [0.2, 0.25) is 0 Å². The molecule has 8 aromatic heterocycles. The normalized spacial score (nSPS) is 13.4. The van der Waals surface area contributed by atoms with Crippen LogP contribution in [0, 0.1) is 29.5 Å². The van der Waals surface area contributed by atoms with Crippen LogP contribution in [0.4, 0.5) is 23.2 Å². The highest BCUT2D eigenvalue weighted by Crippen LogP contribution is 2.44. The number of nitrogens with one attached hydrogen (secondary N) is 4. The van der Waals surface area contributed by atoms with Crippen molar-refractivity contribution in [1.82, 2.24) is 61.1 Å². The highest BCUT2D eigenvalue weighted by molar-refractivity contribution is 6.10. The number of nitrogens with two attached hydrogens (primary N) is 1. The number of carbonyl (C=O) groups is 8. The van der Waals surface area contributed by atoms with E-state index in [2.05, 4.69) is 88.8 Å². The number of anilines is 1. The Bertz CT molecular complexity index is 6230. The Morgan fingerprint density at radius 2 is 0.636 bits per heavy atom. The van der Waals surface area contributed by atoms with Gasteiger partial charge in [-0.25, -0.2) is 4.39 Å². The summed E-state index contributed by atoms with van der Waals surface area (Å²) >= 11 is 0. The van der Waals surface area contributed by atoms with Crippen molar-refractivity contribution in [2.45, 2.75) is 202 Å². The molecule has 0 spiro atoms. The summed E-state index contributed by atoms with van der Waals surface area (Å²) in [6.07, 6.45) is 28.0. The van der Waals surface area contributed by atoms with E-state index in [-0.39, 0.29) is 69.1 Å². The number of nitrogens with zero attached hydrogens (tertiary/aromatic N) is 8. The van der Waals surface area contributed by atoms with Crippen molar-refractivity contribution in [2.24, 2.45) is 23.7 Å². The molecule has 4 saturated carbocycles. The fourth-order valence-electron chi connectivity index (χ4n) is 16.0. The van der Waals surface area contributed by atoms with Crippen LogP contribution in [0.25, 0.3) is 88.6 Å². The number of hydrogen-bond donors (Lipinski definition) is 5. The Morgan fingerprint density at radius 3 is 0.939 bits per heavy atom. The molecule has 4 fully saturated rings. The van der Waals surface area contributed by atoms with Crippen molar-refractivity contribution < 1.29 is 65.4 Å². The van der Waals surface area contributed by atoms with E-state index in [1.807, 2.05) is 45.0 Å². The number of fused-ring (bicyclic) bond motifs is 4. The van der Waals surface area contributed by atoms with Gasteiger partial charge in [0.25, 0.3) is 23.6 Å². The number of unbranched alkanes of at least 4 members (excludes halogenated alkanes) is 4. The average Bonchev–Trinajstić information content (AvgIpc) is 0.989. The predicted molar refractivity (Wildman–Crippen MR) is 506 cm³/mol. The molecule has 0 bridgehead atoms. The highest BCUT2D eigenvalue weighted by Gasteiger charge is 2.37. The minimum Gasteiger partial charge on any atom is -0.496 e. The number of pyridine rings is 8. The van der Waals surface area contributed by atoms with Crippen LogP contribution in [-0.2, 0) is 25.4 Å². The summed E-state index contributed by atoms with van der Waals surface area (Å²) in [5.41, 5.74) is 18.4. The number of ketones is 4. The lowest BCUT2D eigenvalue weighted by molar-refractivity contribution is -0.137. The molecule has 0 radical (unpaired) electrons. The first-order chi connectivity index (χ1) is 63.8. The van der Waals surface area contributed by atoms with E-state index >= 15 is 0 Å². The molecule has 132 heavy (non-hydrogen) atoms. The number of nitrogen functional groups attached to an aromatic ring is 1. The summed E-state index contributed by atoms with van der Waals surface area (Å²) in [6.45, 7) is 16.6. The molecule has 6 N–H and O–H groups in total. The number of halogens is 4. The number of ether oxygens (including phenoxy) is 2. The Labute approximate surface area is 766 Å². The molecule has 0 aliphatic heterocycles. The molecule has 0 unspecified atom stereocenters. The molecule has 8 heterocycles. The Morgan fingerprint density at radius 1 is 0.356 bits per heavy atom. The van der Waals surface area contributed by atoms with E-state index in [1.54, 1.807) is 87.7 Å². The molecule has 0 saturated heterocycles. The fourth-order valence-corrected chi connectivity index (χ4v) is 16.0. The number of amides is 4. The molecular formula is C105H115F4N13O10. The van der Waals surface area contributed by atoms with Crippen LogP contribution in [0.3, 0.4) is 0 Å². The van der Waals surface area contributed by atoms with Crippen LogP contribution in [0.15, 0.2) is 147 Å². The Kier molecular flexibility index (Phi) is 32.6.